The van der Waals surface area contributed by atoms with Crippen LogP contribution in [0.15, 0.2) is 58.1 Å². The molecule has 24 heavy (non-hydrogen) atoms. The summed E-state index contributed by atoms with van der Waals surface area (Å²) in [7, 11) is 1.48. The number of hydrogen-bond donors (Lipinski definition) is 2. The van der Waals surface area contributed by atoms with Crippen molar-refractivity contribution in [1.29, 1.82) is 0 Å². The van der Waals surface area contributed by atoms with E-state index in [4.69, 9.17) is 14.4 Å². The van der Waals surface area contributed by atoms with Gasteiger partial charge in [0.05, 0.1) is 7.11 Å². The molecule has 0 spiro atoms. The van der Waals surface area contributed by atoms with Crippen LogP contribution in [0.4, 0.5) is 10.1 Å². The van der Waals surface area contributed by atoms with Crippen molar-refractivity contribution < 1.29 is 23.5 Å². The standard InChI is InChI=1S/C17H13FN2O4/c1-23-14-7-2-4-10-8-13(17(20-22)24-15(10)14)16(21)19-12-6-3-5-11(18)9-12/h2-9,22H,1H3,(H,19,21). The van der Waals surface area contributed by atoms with Crippen LogP contribution in [0.2, 0.25) is 0 Å². The van der Waals surface area contributed by atoms with E-state index in [9.17, 15) is 9.18 Å². The Bertz CT molecular complexity index is 982. The third-order valence-electron chi connectivity index (χ3n) is 3.38. The van der Waals surface area contributed by atoms with Gasteiger partial charge in [-0.1, -0.05) is 18.2 Å². The first-order valence-corrected chi connectivity index (χ1v) is 6.98. The smallest absolute Gasteiger partial charge is 0.268 e. The minimum absolute atomic E-state index is 0.00233. The first-order valence-electron chi connectivity index (χ1n) is 6.98. The zero-order valence-electron chi connectivity index (χ0n) is 12.6. The van der Waals surface area contributed by atoms with Gasteiger partial charge < -0.3 is 19.7 Å². The minimum atomic E-state index is -0.595. The molecule has 0 fully saturated rings. The molecule has 0 atom stereocenters. The van der Waals surface area contributed by atoms with Gasteiger partial charge >= 0.3 is 0 Å². The van der Waals surface area contributed by atoms with E-state index < -0.39 is 11.7 Å². The van der Waals surface area contributed by atoms with E-state index in [1.807, 2.05) is 0 Å². The monoisotopic (exact) mass is 328 g/mol. The van der Waals surface area contributed by atoms with Crippen molar-refractivity contribution in [3.63, 3.8) is 0 Å². The second kappa shape index (κ2) is 6.41. The van der Waals surface area contributed by atoms with Crippen molar-refractivity contribution >= 4 is 22.6 Å². The number of benzene rings is 2. The first kappa shape index (κ1) is 15.5. The van der Waals surface area contributed by atoms with Crippen molar-refractivity contribution in [2.45, 2.75) is 0 Å². The number of amides is 1. The van der Waals surface area contributed by atoms with Crippen molar-refractivity contribution in [3.8, 4) is 5.75 Å². The fourth-order valence-electron chi connectivity index (χ4n) is 2.29. The van der Waals surface area contributed by atoms with E-state index in [2.05, 4.69) is 10.5 Å². The van der Waals surface area contributed by atoms with Gasteiger partial charge in [-0.25, -0.2) is 4.39 Å². The number of ether oxygens (including phenoxy) is 1. The van der Waals surface area contributed by atoms with Crippen LogP contribution >= 0.6 is 0 Å². The quantitative estimate of drug-likeness (QED) is 0.571. The predicted molar refractivity (Wildman–Crippen MR) is 84.5 cm³/mol. The molecular formula is C17H13FN2O4. The number of rotatable bonds is 3. The van der Waals surface area contributed by atoms with Gasteiger partial charge in [0.2, 0.25) is 0 Å². The average Bonchev–Trinajstić information content (AvgIpc) is 2.59. The summed E-state index contributed by atoms with van der Waals surface area (Å²) >= 11 is 0. The number of fused-ring (bicyclic) bond motifs is 1. The Balaban J connectivity index is 2.07. The van der Waals surface area contributed by atoms with Gasteiger partial charge in [0.25, 0.3) is 11.5 Å². The summed E-state index contributed by atoms with van der Waals surface area (Å²) in [6.45, 7) is 0. The summed E-state index contributed by atoms with van der Waals surface area (Å²) in [6.07, 6.45) is 0. The molecule has 0 radical (unpaired) electrons. The van der Waals surface area contributed by atoms with E-state index in [-0.39, 0.29) is 16.8 Å². The fraction of sp³-hybridized carbons (Fsp3) is 0.0588. The molecule has 0 aliphatic carbocycles. The molecule has 2 aromatic carbocycles. The molecule has 0 aliphatic rings. The van der Waals surface area contributed by atoms with Gasteiger partial charge in [-0.05, 0) is 35.5 Å². The number of anilines is 1. The highest BCUT2D eigenvalue weighted by Crippen LogP contribution is 2.24. The Labute approximate surface area is 135 Å². The second-order valence-corrected chi connectivity index (χ2v) is 4.91. The van der Waals surface area contributed by atoms with Gasteiger partial charge in [0.15, 0.2) is 11.3 Å². The SMILES string of the molecule is COc1cccc2cc(C(=O)Nc3cccc(F)c3)c(=NO)oc12. The highest BCUT2D eigenvalue weighted by atomic mass is 19.1. The number of para-hydroxylation sites is 1. The van der Waals surface area contributed by atoms with E-state index >= 15 is 0 Å². The van der Waals surface area contributed by atoms with E-state index in [0.717, 1.165) is 0 Å². The van der Waals surface area contributed by atoms with Crippen LogP contribution in [0, 0.1) is 5.82 Å². The second-order valence-electron chi connectivity index (χ2n) is 4.91. The van der Waals surface area contributed by atoms with E-state index in [1.54, 1.807) is 18.2 Å². The summed E-state index contributed by atoms with van der Waals surface area (Å²) < 4.78 is 23.9. The lowest BCUT2D eigenvalue weighted by atomic mass is 10.1. The molecule has 0 aliphatic heterocycles. The van der Waals surface area contributed by atoms with Gasteiger partial charge in [0.1, 0.15) is 11.4 Å². The topological polar surface area (TPSA) is 84.1 Å². The number of halogens is 1. The largest absolute Gasteiger partial charge is 0.493 e. The van der Waals surface area contributed by atoms with Crippen molar-refractivity contribution in [2.24, 2.45) is 5.16 Å². The Kier molecular flexibility index (Phi) is 4.15. The van der Waals surface area contributed by atoms with E-state index in [1.165, 1.54) is 37.4 Å². The van der Waals surface area contributed by atoms with Crippen LogP contribution in [0.3, 0.4) is 0 Å². The first-order chi connectivity index (χ1) is 11.6. The Morgan fingerprint density at radius 1 is 1.25 bits per heavy atom. The lowest BCUT2D eigenvalue weighted by Crippen LogP contribution is -2.21. The molecule has 1 heterocycles. The van der Waals surface area contributed by atoms with Crippen molar-refractivity contribution in [3.05, 3.63) is 65.5 Å². The molecular weight excluding hydrogens is 315 g/mol. The Morgan fingerprint density at radius 2 is 2.04 bits per heavy atom. The van der Waals surface area contributed by atoms with Crippen LogP contribution in [0.5, 0.6) is 5.75 Å². The maximum atomic E-state index is 13.2. The lowest BCUT2D eigenvalue weighted by Gasteiger charge is -2.08. The third kappa shape index (κ3) is 2.91. The number of carbonyl (C=O) groups is 1. The predicted octanol–water partition coefficient (Wildman–Crippen LogP) is 3.12. The van der Waals surface area contributed by atoms with Gasteiger partial charge in [-0.3, -0.25) is 4.79 Å². The van der Waals surface area contributed by atoms with Crippen molar-refractivity contribution in [1.82, 2.24) is 0 Å². The molecule has 2 N–H and O–H groups in total. The molecule has 0 saturated carbocycles. The summed E-state index contributed by atoms with van der Waals surface area (Å²) in [5, 5.41) is 15.3. The Morgan fingerprint density at radius 3 is 2.75 bits per heavy atom. The molecule has 1 amide bonds. The van der Waals surface area contributed by atoms with Gasteiger partial charge in [-0.2, -0.15) is 0 Å². The summed E-state index contributed by atoms with van der Waals surface area (Å²) in [5.74, 6) is -0.635. The fourth-order valence-corrected chi connectivity index (χ4v) is 2.29. The normalized spacial score (nSPS) is 11.5. The average molecular weight is 328 g/mol. The molecule has 0 saturated heterocycles. The maximum absolute atomic E-state index is 13.2. The summed E-state index contributed by atoms with van der Waals surface area (Å²) in [5.41, 5.74) is 0.341. The molecule has 6 nitrogen and oxygen atoms in total. The third-order valence-corrected chi connectivity index (χ3v) is 3.38. The molecule has 0 unspecified atom stereocenters. The molecule has 3 rings (SSSR count). The maximum Gasteiger partial charge on any atom is 0.268 e. The van der Waals surface area contributed by atoms with Crippen LogP contribution in [0.25, 0.3) is 11.0 Å². The highest BCUT2D eigenvalue weighted by molar-refractivity contribution is 6.05. The van der Waals surface area contributed by atoms with Crippen LogP contribution in [0.1, 0.15) is 10.4 Å². The number of nitrogens with zero attached hydrogens (tertiary/aromatic N) is 1. The van der Waals surface area contributed by atoms with Gasteiger partial charge in [0, 0.05) is 11.1 Å². The highest BCUT2D eigenvalue weighted by Gasteiger charge is 2.15. The van der Waals surface area contributed by atoms with Crippen molar-refractivity contribution in [2.75, 3.05) is 12.4 Å². The lowest BCUT2D eigenvalue weighted by molar-refractivity contribution is 0.102. The van der Waals surface area contributed by atoms with Crippen LogP contribution < -0.4 is 15.6 Å². The number of hydrogen-bond acceptors (Lipinski definition) is 5. The molecule has 1 aromatic heterocycles. The number of nitrogens with one attached hydrogen (secondary N) is 1. The molecule has 0 bridgehead atoms. The summed E-state index contributed by atoms with van der Waals surface area (Å²) in [4.78, 5) is 12.4. The Hall–Kier alpha value is -3.35. The van der Waals surface area contributed by atoms with Crippen LogP contribution in [-0.2, 0) is 0 Å². The summed E-state index contributed by atoms with van der Waals surface area (Å²) in [6, 6.07) is 12.1. The van der Waals surface area contributed by atoms with E-state index in [0.29, 0.717) is 16.7 Å². The van der Waals surface area contributed by atoms with Crippen LogP contribution in [-0.4, -0.2) is 18.2 Å². The zero-order chi connectivity index (χ0) is 17.1. The van der Waals surface area contributed by atoms with Gasteiger partial charge in [-0.15, -0.1) is 0 Å². The zero-order valence-corrected chi connectivity index (χ0v) is 12.6. The minimum Gasteiger partial charge on any atom is -0.493 e. The number of methoxy groups -OCH3 is 1. The molecule has 3 aromatic rings. The number of carbonyl (C=O) groups excluding carboxylic acids is 1. The molecule has 7 heteroatoms. The molecule has 122 valence electrons.